The highest BCUT2D eigenvalue weighted by atomic mass is 16.4. The lowest BCUT2D eigenvalue weighted by molar-refractivity contribution is 0.277. The Morgan fingerprint density at radius 2 is 1.68 bits per heavy atom. The minimum absolute atomic E-state index is 0.0860. The largest absolute Gasteiger partial charge is 0.440 e. The second-order valence-electron chi connectivity index (χ2n) is 5.05. The van der Waals surface area contributed by atoms with E-state index in [9.17, 15) is 4.79 Å². The Kier molecular flexibility index (Phi) is 4.09. The maximum atomic E-state index is 12.3. The average molecular weight is 299 g/mol. The molecule has 0 amide bonds. The van der Waals surface area contributed by atoms with Crippen molar-refractivity contribution < 1.29 is 14.6 Å². The van der Waals surface area contributed by atoms with Crippen molar-refractivity contribution in [3.63, 3.8) is 0 Å². The highest BCUT2D eigenvalue weighted by Crippen LogP contribution is 2.26. The van der Waals surface area contributed by atoms with Gasteiger partial charge >= 0.3 is 0 Å². The van der Waals surface area contributed by atoms with E-state index >= 15 is 0 Å². The van der Waals surface area contributed by atoms with Crippen molar-refractivity contribution in [2.45, 2.75) is 0 Å². The van der Waals surface area contributed by atoms with Gasteiger partial charge in [0.25, 0.3) is 0 Å². The Labute approximate surface area is 127 Å². The summed E-state index contributed by atoms with van der Waals surface area (Å²) in [6, 6.07) is 12.8. The van der Waals surface area contributed by atoms with Crippen molar-refractivity contribution in [1.29, 1.82) is 0 Å². The predicted molar refractivity (Wildman–Crippen MR) is 86.4 cm³/mol. The Morgan fingerprint density at radius 1 is 0.955 bits per heavy atom. The fourth-order valence-corrected chi connectivity index (χ4v) is 2.60. The van der Waals surface area contributed by atoms with Crippen LogP contribution in [0.5, 0.6) is 0 Å². The fourth-order valence-electron chi connectivity index (χ4n) is 2.60. The first-order valence-electron chi connectivity index (χ1n) is 7.17. The number of fused-ring (bicyclic) bond motifs is 3. The molecular weight excluding hydrogens is 282 g/mol. The molecule has 2 N–H and O–H groups in total. The van der Waals surface area contributed by atoms with Crippen LogP contribution in [0.4, 0.5) is 5.88 Å². The third kappa shape index (κ3) is 2.56. The van der Waals surface area contributed by atoms with Crippen LogP contribution in [0.2, 0.25) is 0 Å². The summed E-state index contributed by atoms with van der Waals surface area (Å²) < 4.78 is 5.93. The molecule has 0 radical (unpaired) electrons. The molecule has 0 saturated carbocycles. The standard InChI is InChI=1S/C17H17NO4/c19-9-7-18(8-10-20)16-11-15(21)14-6-5-12-3-1-2-4-13(12)17(14)22-16/h1-6,11,19-20H,7-10H2. The van der Waals surface area contributed by atoms with Gasteiger partial charge in [-0.2, -0.15) is 0 Å². The summed E-state index contributed by atoms with van der Waals surface area (Å²) >= 11 is 0. The molecule has 0 atom stereocenters. The summed E-state index contributed by atoms with van der Waals surface area (Å²) in [6.45, 7) is 0.411. The number of nitrogens with zero attached hydrogens (tertiary/aromatic N) is 1. The molecule has 5 heteroatoms. The zero-order valence-corrected chi connectivity index (χ0v) is 12.0. The van der Waals surface area contributed by atoms with Crippen molar-refractivity contribution in [3.8, 4) is 0 Å². The molecule has 0 bridgehead atoms. The average Bonchev–Trinajstić information content (AvgIpc) is 2.54. The van der Waals surface area contributed by atoms with Gasteiger partial charge in [0.05, 0.1) is 18.6 Å². The molecule has 0 saturated heterocycles. The smallest absolute Gasteiger partial charge is 0.200 e. The van der Waals surface area contributed by atoms with Gasteiger partial charge in [-0.25, -0.2) is 0 Å². The molecule has 0 aliphatic heterocycles. The van der Waals surface area contributed by atoms with Gasteiger partial charge < -0.3 is 19.5 Å². The van der Waals surface area contributed by atoms with E-state index in [-0.39, 0.29) is 18.6 Å². The molecule has 22 heavy (non-hydrogen) atoms. The monoisotopic (exact) mass is 299 g/mol. The van der Waals surface area contributed by atoms with E-state index < -0.39 is 0 Å². The van der Waals surface area contributed by atoms with Gasteiger partial charge in [-0.15, -0.1) is 0 Å². The third-order valence-corrected chi connectivity index (χ3v) is 3.66. The molecule has 3 rings (SSSR count). The van der Waals surface area contributed by atoms with Gasteiger partial charge in [-0.3, -0.25) is 4.79 Å². The lowest BCUT2D eigenvalue weighted by atomic mass is 10.1. The van der Waals surface area contributed by atoms with E-state index in [1.54, 1.807) is 11.0 Å². The summed E-state index contributed by atoms with van der Waals surface area (Å²) in [6.07, 6.45) is 0. The van der Waals surface area contributed by atoms with E-state index in [0.717, 1.165) is 10.8 Å². The molecule has 0 unspecified atom stereocenters. The quantitative estimate of drug-likeness (QED) is 0.702. The first kappa shape index (κ1) is 14.6. The summed E-state index contributed by atoms with van der Waals surface area (Å²) in [5.74, 6) is 0.358. The van der Waals surface area contributed by atoms with Crippen LogP contribution >= 0.6 is 0 Å². The minimum Gasteiger partial charge on any atom is -0.440 e. The van der Waals surface area contributed by atoms with Crippen LogP contribution in [0, 0.1) is 0 Å². The second kappa shape index (κ2) is 6.17. The van der Waals surface area contributed by atoms with E-state index in [2.05, 4.69) is 0 Å². The lowest BCUT2D eigenvalue weighted by Gasteiger charge is -2.21. The van der Waals surface area contributed by atoms with E-state index in [4.69, 9.17) is 14.6 Å². The van der Waals surface area contributed by atoms with Gasteiger partial charge in [0.2, 0.25) is 0 Å². The van der Waals surface area contributed by atoms with Gasteiger partial charge in [0, 0.05) is 24.5 Å². The first-order chi connectivity index (χ1) is 10.7. The number of aliphatic hydroxyl groups is 2. The van der Waals surface area contributed by atoms with Crippen LogP contribution in [0.3, 0.4) is 0 Å². The Bertz CT molecular complexity index is 850. The second-order valence-corrected chi connectivity index (χ2v) is 5.05. The highest BCUT2D eigenvalue weighted by Gasteiger charge is 2.13. The summed E-state index contributed by atoms with van der Waals surface area (Å²) in [4.78, 5) is 14.0. The topological polar surface area (TPSA) is 73.9 Å². The molecule has 0 spiro atoms. The molecule has 0 fully saturated rings. The molecule has 1 heterocycles. The third-order valence-electron chi connectivity index (χ3n) is 3.66. The SMILES string of the molecule is O=c1cc(N(CCO)CCO)oc2c1ccc1ccccc12. The molecule has 3 aromatic rings. The number of aliphatic hydroxyl groups excluding tert-OH is 2. The molecular formula is C17H17NO4. The van der Waals surface area contributed by atoms with Gasteiger partial charge in [0.15, 0.2) is 11.3 Å². The summed E-state index contributed by atoms with van der Waals surface area (Å²) in [5.41, 5.74) is 0.393. The van der Waals surface area contributed by atoms with E-state index in [0.29, 0.717) is 29.9 Å². The Balaban J connectivity index is 2.25. The number of anilines is 1. The maximum absolute atomic E-state index is 12.3. The van der Waals surface area contributed by atoms with Gasteiger partial charge in [0.1, 0.15) is 5.58 Å². The van der Waals surface area contributed by atoms with E-state index in [1.807, 2.05) is 30.3 Å². The van der Waals surface area contributed by atoms with Gasteiger partial charge in [-0.05, 0) is 11.5 Å². The van der Waals surface area contributed by atoms with E-state index in [1.165, 1.54) is 6.07 Å². The molecule has 5 nitrogen and oxygen atoms in total. The molecule has 1 aromatic heterocycles. The molecule has 2 aromatic carbocycles. The summed E-state index contributed by atoms with van der Waals surface area (Å²) in [5, 5.41) is 20.7. The van der Waals surface area contributed by atoms with Crippen LogP contribution in [-0.2, 0) is 0 Å². The van der Waals surface area contributed by atoms with Crippen LogP contribution in [0.1, 0.15) is 0 Å². The van der Waals surface area contributed by atoms with Crippen molar-refractivity contribution in [1.82, 2.24) is 0 Å². The van der Waals surface area contributed by atoms with Crippen LogP contribution in [-0.4, -0.2) is 36.5 Å². The molecule has 0 aliphatic carbocycles. The number of benzene rings is 2. The van der Waals surface area contributed by atoms with Crippen LogP contribution in [0.15, 0.2) is 51.7 Å². The lowest BCUT2D eigenvalue weighted by Crippen LogP contribution is -2.30. The van der Waals surface area contributed by atoms with Crippen molar-refractivity contribution in [3.05, 3.63) is 52.7 Å². The van der Waals surface area contributed by atoms with Crippen molar-refractivity contribution >= 4 is 27.6 Å². The first-order valence-corrected chi connectivity index (χ1v) is 7.17. The number of hydrogen-bond donors (Lipinski definition) is 2. The van der Waals surface area contributed by atoms with Crippen LogP contribution < -0.4 is 10.3 Å². The van der Waals surface area contributed by atoms with Crippen LogP contribution in [0.25, 0.3) is 21.7 Å². The molecule has 114 valence electrons. The zero-order chi connectivity index (χ0) is 15.5. The Morgan fingerprint density at radius 3 is 2.41 bits per heavy atom. The predicted octanol–water partition coefficient (Wildman–Crippen LogP) is 1.74. The zero-order valence-electron chi connectivity index (χ0n) is 12.0. The van der Waals surface area contributed by atoms with Crippen molar-refractivity contribution in [2.75, 3.05) is 31.2 Å². The highest BCUT2D eigenvalue weighted by molar-refractivity contribution is 6.04. The fraction of sp³-hybridized carbons (Fsp3) is 0.235. The number of rotatable bonds is 5. The summed E-state index contributed by atoms with van der Waals surface area (Å²) in [7, 11) is 0. The van der Waals surface area contributed by atoms with Crippen molar-refractivity contribution in [2.24, 2.45) is 0 Å². The number of hydrogen-bond acceptors (Lipinski definition) is 5. The normalized spacial score (nSPS) is 11.2. The molecule has 0 aliphatic rings. The maximum Gasteiger partial charge on any atom is 0.200 e. The van der Waals surface area contributed by atoms with Gasteiger partial charge in [-0.1, -0.05) is 30.3 Å². The Hall–Kier alpha value is -2.37. The minimum atomic E-state index is -0.136.